The van der Waals surface area contributed by atoms with E-state index in [4.69, 9.17) is 50.0 Å². The van der Waals surface area contributed by atoms with Gasteiger partial charge in [0.15, 0.2) is 5.13 Å². The lowest BCUT2D eigenvalue weighted by Crippen LogP contribution is -2.01. The predicted molar refractivity (Wildman–Crippen MR) is 152 cm³/mol. The number of thiazole rings is 2. The molecule has 0 spiro atoms. The summed E-state index contributed by atoms with van der Waals surface area (Å²) in [6, 6.07) is 3.19. The molecule has 0 aromatic carbocycles. The summed E-state index contributed by atoms with van der Waals surface area (Å²) in [5, 5.41) is 2.34. The van der Waals surface area contributed by atoms with Gasteiger partial charge in [0, 0.05) is 12.5 Å². The van der Waals surface area contributed by atoms with Crippen molar-refractivity contribution in [1.82, 2.24) is 29.9 Å². The summed E-state index contributed by atoms with van der Waals surface area (Å²) >= 11 is 19.3. The largest absolute Gasteiger partial charge is 0.462 e. The van der Waals surface area contributed by atoms with Crippen LogP contribution in [0.4, 0.5) is 5.13 Å². The highest BCUT2D eigenvalue weighted by molar-refractivity contribution is 7.17. The predicted octanol–water partition coefficient (Wildman–Crippen LogP) is 5.66. The van der Waals surface area contributed by atoms with Crippen LogP contribution in [0, 0.1) is 13.8 Å². The Labute approximate surface area is 247 Å². The number of carbonyl (C=O) groups excluding carboxylic acids is 2. The van der Waals surface area contributed by atoms with E-state index < -0.39 is 0 Å². The molecule has 0 saturated carbocycles. The van der Waals surface area contributed by atoms with Crippen molar-refractivity contribution in [3.05, 3.63) is 72.1 Å². The van der Waals surface area contributed by atoms with Crippen LogP contribution in [0.25, 0.3) is 0 Å². The van der Waals surface area contributed by atoms with Gasteiger partial charge in [0.1, 0.15) is 36.9 Å². The van der Waals surface area contributed by atoms with Crippen LogP contribution in [0.5, 0.6) is 0 Å². The lowest BCUT2D eigenvalue weighted by molar-refractivity contribution is 0.0522. The Morgan fingerprint density at radius 3 is 1.74 bits per heavy atom. The third-order valence-corrected chi connectivity index (χ3v) is 6.36. The summed E-state index contributed by atoms with van der Waals surface area (Å²) in [5.41, 5.74) is 6.09. The Morgan fingerprint density at radius 2 is 1.28 bits per heavy atom. The van der Waals surface area contributed by atoms with Gasteiger partial charge in [-0.25, -0.2) is 39.5 Å². The van der Waals surface area contributed by atoms with Crippen LogP contribution in [0.15, 0.2) is 24.5 Å². The van der Waals surface area contributed by atoms with Gasteiger partial charge in [-0.05, 0) is 33.8 Å². The molecular weight excluding hydrogens is 609 g/mol. The number of nitrogen functional groups attached to an aromatic ring is 1. The SMILES string of the molecule is CCOC(=O)c1cnc(Cc2cc(Cl)nc(C)n2)s1.CCOC(=O)c1cnc(N)s1.Cc1nc(Cl)cc(Cl)n1. The number of aromatic nitrogens is 6. The van der Waals surface area contributed by atoms with E-state index in [2.05, 4.69) is 29.9 Å². The molecule has 4 rings (SSSR count). The van der Waals surface area contributed by atoms with Gasteiger partial charge in [-0.2, -0.15) is 0 Å². The molecule has 4 aromatic rings. The molecule has 0 saturated heterocycles. The van der Waals surface area contributed by atoms with Gasteiger partial charge in [-0.3, -0.25) is 0 Å². The summed E-state index contributed by atoms with van der Waals surface area (Å²) < 4.78 is 9.63. The second-order valence-corrected chi connectivity index (χ2v) is 10.4. The van der Waals surface area contributed by atoms with Crippen molar-refractivity contribution >= 4 is 74.5 Å². The van der Waals surface area contributed by atoms with Crippen LogP contribution in [0.1, 0.15) is 55.5 Å². The Bertz CT molecular complexity index is 1330. The molecule has 0 unspecified atom stereocenters. The molecule has 0 aliphatic rings. The normalized spacial score (nSPS) is 10.0. The zero-order chi connectivity index (χ0) is 28.9. The zero-order valence-corrected chi connectivity index (χ0v) is 25.2. The Kier molecular flexibility index (Phi) is 13.4. The summed E-state index contributed by atoms with van der Waals surface area (Å²) in [4.78, 5) is 47.2. The standard InChI is InChI=1S/C12H12ClN3O2S.C6H8N2O2S.C5H4Cl2N2/c1-3-18-12(17)9-6-14-11(19-9)5-8-4-10(13)16-7(2)15-8;1-2-10-5(9)4-3-8-6(7)11-4;1-3-8-4(6)2-5(7)9-3/h4,6H,3,5H2,1-2H3;3H,2H2,1H3,(H2,7,8);2H,1H3. The third kappa shape index (κ3) is 11.8. The van der Waals surface area contributed by atoms with Crippen LogP contribution < -0.4 is 5.73 Å². The summed E-state index contributed by atoms with van der Waals surface area (Å²) in [7, 11) is 0. The molecule has 11 nitrogen and oxygen atoms in total. The first kappa shape index (κ1) is 32.2. The summed E-state index contributed by atoms with van der Waals surface area (Å²) in [6.45, 7) is 7.76. The minimum absolute atomic E-state index is 0.344. The molecule has 0 fully saturated rings. The van der Waals surface area contributed by atoms with Crippen molar-refractivity contribution in [3.63, 3.8) is 0 Å². The molecule has 0 bridgehead atoms. The number of anilines is 1. The van der Waals surface area contributed by atoms with Gasteiger partial charge in [-0.1, -0.05) is 46.1 Å². The van der Waals surface area contributed by atoms with Gasteiger partial charge < -0.3 is 15.2 Å². The lowest BCUT2D eigenvalue weighted by Gasteiger charge is -2.00. The zero-order valence-electron chi connectivity index (χ0n) is 21.3. The molecule has 16 heteroatoms. The number of nitrogens with zero attached hydrogens (tertiary/aromatic N) is 6. The number of hydrogen-bond donors (Lipinski definition) is 1. The second kappa shape index (κ2) is 16.2. The van der Waals surface area contributed by atoms with Crippen molar-refractivity contribution in [2.45, 2.75) is 34.1 Å². The average molecular weight is 633 g/mol. The van der Waals surface area contributed by atoms with Crippen molar-refractivity contribution in [3.8, 4) is 0 Å². The third-order valence-electron chi connectivity index (χ3n) is 4.00. The molecule has 39 heavy (non-hydrogen) atoms. The lowest BCUT2D eigenvalue weighted by atomic mass is 10.3. The maximum absolute atomic E-state index is 11.5. The van der Waals surface area contributed by atoms with Gasteiger partial charge >= 0.3 is 11.9 Å². The summed E-state index contributed by atoms with van der Waals surface area (Å²) in [5.74, 6) is 0.502. The number of hydrogen-bond acceptors (Lipinski definition) is 13. The maximum Gasteiger partial charge on any atom is 0.350 e. The maximum atomic E-state index is 11.5. The number of ether oxygens (including phenoxy) is 2. The van der Waals surface area contributed by atoms with E-state index in [1.165, 1.54) is 29.8 Å². The Balaban J connectivity index is 0.000000226. The molecule has 0 atom stereocenters. The van der Waals surface area contributed by atoms with Gasteiger partial charge in [0.2, 0.25) is 0 Å². The molecule has 2 N–H and O–H groups in total. The van der Waals surface area contributed by atoms with E-state index in [0.29, 0.717) is 61.6 Å². The fourth-order valence-corrected chi connectivity index (χ4v) is 4.77. The van der Waals surface area contributed by atoms with E-state index in [9.17, 15) is 9.59 Å². The highest BCUT2D eigenvalue weighted by Gasteiger charge is 2.12. The first-order valence-corrected chi connectivity index (χ1v) is 13.9. The number of rotatable bonds is 6. The quantitative estimate of drug-likeness (QED) is 0.207. The highest BCUT2D eigenvalue weighted by atomic mass is 35.5. The molecule has 0 aliphatic heterocycles. The number of nitrogens with two attached hydrogens (primary N) is 1. The van der Waals surface area contributed by atoms with Gasteiger partial charge in [0.05, 0.1) is 36.3 Å². The fraction of sp³-hybridized carbons (Fsp3) is 0.304. The number of aryl methyl sites for hydroxylation is 2. The first-order chi connectivity index (χ1) is 18.5. The monoisotopic (exact) mass is 631 g/mol. The van der Waals surface area contributed by atoms with Crippen LogP contribution in [-0.4, -0.2) is 55.1 Å². The topological polar surface area (TPSA) is 156 Å². The minimum Gasteiger partial charge on any atom is -0.462 e. The van der Waals surface area contributed by atoms with Crippen LogP contribution in [-0.2, 0) is 15.9 Å². The number of esters is 2. The molecule has 0 amide bonds. The minimum atomic E-state index is -0.360. The molecule has 4 heterocycles. The molecule has 0 aliphatic carbocycles. The van der Waals surface area contributed by atoms with Crippen molar-refractivity contribution < 1.29 is 19.1 Å². The van der Waals surface area contributed by atoms with Crippen LogP contribution in [0.2, 0.25) is 15.5 Å². The first-order valence-electron chi connectivity index (χ1n) is 11.2. The van der Waals surface area contributed by atoms with Crippen LogP contribution >= 0.6 is 57.5 Å². The van der Waals surface area contributed by atoms with E-state index in [0.717, 1.165) is 22.0 Å². The Hall–Kier alpha value is -2.97. The number of carbonyl (C=O) groups is 2. The average Bonchev–Trinajstić information content (AvgIpc) is 3.48. The molecular formula is C23H24Cl3N7O4S2. The molecule has 0 radical (unpaired) electrons. The highest BCUT2D eigenvalue weighted by Crippen LogP contribution is 2.18. The smallest absolute Gasteiger partial charge is 0.350 e. The number of halogens is 3. The van der Waals surface area contributed by atoms with E-state index in [-0.39, 0.29) is 11.9 Å². The van der Waals surface area contributed by atoms with E-state index in [1.54, 1.807) is 33.8 Å². The van der Waals surface area contributed by atoms with Crippen molar-refractivity contribution in [1.29, 1.82) is 0 Å². The van der Waals surface area contributed by atoms with Crippen molar-refractivity contribution in [2.24, 2.45) is 0 Å². The van der Waals surface area contributed by atoms with Gasteiger partial charge in [0.25, 0.3) is 0 Å². The fourth-order valence-electron chi connectivity index (χ4n) is 2.60. The van der Waals surface area contributed by atoms with Crippen LogP contribution in [0.3, 0.4) is 0 Å². The second-order valence-electron chi connectivity index (χ2n) is 7.09. The Morgan fingerprint density at radius 1 is 0.795 bits per heavy atom. The summed E-state index contributed by atoms with van der Waals surface area (Å²) in [6.07, 6.45) is 3.46. The molecule has 208 valence electrons. The van der Waals surface area contributed by atoms with Gasteiger partial charge in [-0.15, -0.1) is 11.3 Å². The molecule has 4 aromatic heterocycles. The van der Waals surface area contributed by atoms with E-state index >= 15 is 0 Å². The van der Waals surface area contributed by atoms with Crippen molar-refractivity contribution in [2.75, 3.05) is 18.9 Å². The van der Waals surface area contributed by atoms with E-state index in [1.807, 2.05) is 0 Å².